The Labute approximate surface area is 81.4 Å². The molecule has 1 aromatic carbocycles. The Kier molecular flexibility index (Phi) is 2.72. The minimum absolute atomic E-state index is 0.156. The molecule has 0 fully saturated rings. The SMILES string of the molecule is O=S(=O)(O)c1cccc(S)c1S. The molecule has 0 aliphatic carbocycles. The Balaban J connectivity index is 3.47. The van der Waals surface area contributed by atoms with Gasteiger partial charge in [0.25, 0.3) is 10.1 Å². The average Bonchev–Trinajstić information content (AvgIpc) is 1.92. The molecule has 1 N–H and O–H groups in total. The predicted molar refractivity (Wildman–Crippen MR) is 50.8 cm³/mol. The summed E-state index contributed by atoms with van der Waals surface area (Å²) in [5, 5.41) is 0. The van der Waals surface area contributed by atoms with Gasteiger partial charge in [0.05, 0.1) is 0 Å². The zero-order valence-corrected chi connectivity index (χ0v) is 8.40. The number of hydrogen-bond acceptors (Lipinski definition) is 4. The lowest BCUT2D eigenvalue weighted by atomic mass is 10.4. The van der Waals surface area contributed by atoms with E-state index >= 15 is 0 Å². The quantitative estimate of drug-likeness (QED) is 0.498. The second kappa shape index (κ2) is 3.29. The van der Waals surface area contributed by atoms with Gasteiger partial charge in [-0.25, -0.2) is 0 Å². The standard InChI is InChI=1S/C6H6O3S3/c7-12(8,9)5-3-1-2-4(10)6(5)11/h1-3,10-11H,(H,7,8,9). The summed E-state index contributed by atoms with van der Waals surface area (Å²) in [6, 6.07) is 4.32. The molecule has 12 heavy (non-hydrogen) atoms. The van der Waals surface area contributed by atoms with Gasteiger partial charge in [0.15, 0.2) is 0 Å². The lowest BCUT2D eigenvalue weighted by molar-refractivity contribution is 0.480. The van der Waals surface area contributed by atoms with Gasteiger partial charge < -0.3 is 0 Å². The summed E-state index contributed by atoms with van der Waals surface area (Å²) in [4.78, 5) is 0.343. The first kappa shape index (κ1) is 9.91. The molecule has 3 nitrogen and oxygen atoms in total. The first-order valence-electron chi connectivity index (χ1n) is 2.91. The van der Waals surface area contributed by atoms with Gasteiger partial charge in [-0.1, -0.05) is 6.07 Å². The Morgan fingerprint density at radius 2 is 1.83 bits per heavy atom. The van der Waals surface area contributed by atoms with Gasteiger partial charge in [0, 0.05) is 9.79 Å². The van der Waals surface area contributed by atoms with Crippen LogP contribution in [0.4, 0.5) is 0 Å². The van der Waals surface area contributed by atoms with Crippen molar-refractivity contribution in [3.63, 3.8) is 0 Å². The van der Waals surface area contributed by atoms with Gasteiger partial charge >= 0.3 is 0 Å². The van der Waals surface area contributed by atoms with Crippen LogP contribution in [-0.2, 0) is 10.1 Å². The van der Waals surface area contributed by atoms with E-state index in [0.29, 0.717) is 4.90 Å². The fraction of sp³-hybridized carbons (Fsp3) is 0. The van der Waals surface area contributed by atoms with Crippen LogP contribution in [0.3, 0.4) is 0 Å². The highest BCUT2D eigenvalue weighted by atomic mass is 32.2. The van der Waals surface area contributed by atoms with Crippen molar-refractivity contribution in [1.29, 1.82) is 0 Å². The van der Waals surface area contributed by atoms with Crippen LogP contribution in [0.15, 0.2) is 32.9 Å². The van der Waals surface area contributed by atoms with Gasteiger partial charge in [-0.05, 0) is 12.1 Å². The fourth-order valence-corrected chi connectivity index (χ4v) is 2.10. The van der Waals surface area contributed by atoms with Crippen molar-refractivity contribution >= 4 is 35.4 Å². The van der Waals surface area contributed by atoms with Gasteiger partial charge in [0.2, 0.25) is 0 Å². The molecule has 0 saturated heterocycles. The summed E-state index contributed by atoms with van der Waals surface area (Å²) < 4.78 is 30.0. The minimum atomic E-state index is -4.18. The molecule has 66 valence electrons. The second-order valence-corrected chi connectivity index (χ2v) is 4.42. The van der Waals surface area contributed by atoms with Crippen molar-refractivity contribution in [1.82, 2.24) is 0 Å². The van der Waals surface area contributed by atoms with E-state index in [1.54, 1.807) is 6.07 Å². The van der Waals surface area contributed by atoms with Crippen LogP contribution in [0.25, 0.3) is 0 Å². The number of thiol groups is 2. The van der Waals surface area contributed by atoms with Crippen LogP contribution >= 0.6 is 25.3 Å². The Morgan fingerprint density at radius 1 is 1.25 bits per heavy atom. The molecule has 6 heteroatoms. The van der Waals surface area contributed by atoms with Crippen molar-refractivity contribution in [3.8, 4) is 0 Å². The molecule has 0 aromatic heterocycles. The molecule has 0 radical (unpaired) electrons. The van der Waals surface area contributed by atoms with Crippen LogP contribution in [0.5, 0.6) is 0 Å². The second-order valence-electron chi connectivity index (χ2n) is 2.10. The van der Waals surface area contributed by atoms with Crippen LogP contribution in [0, 0.1) is 0 Å². The maximum absolute atomic E-state index is 10.7. The van der Waals surface area contributed by atoms with Crippen molar-refractivity contribution in [2.24, 2.45) is 0 Å². The average molecular weight is 222 g/mol. The van der Waals surface area contributed by atoms with Crippen molar-refractivity contribution in [2.45, 2.75) is 14.7 Å². The summed E-state index contributed by atoms with van der Waals surface area (Å²) in [7, 11) is -4.18. The van der Waals surface area contributed by atoms with Crippen molar-refractivity contribution < 1.29 is 13.0 Å². The van der Waals surface area contributed by atoms with E-state index in [2.05, 4.69) is 25.3 Å². The maximum Gasteiger partial charge on any atom is 0.295 e. The maximum atomic E-state index is 10.7. The summed E-state index contributed by atoms with van der Waals surface area (Å²) in [6.45, 7) is 0. The lowest BCUT2D eigenvalue weighted by Gasteiger charge is -2.02. The lowest BCUT2D eigenvalue weighted by Crippen LogP contribution is -1.99. The van der Waals surface area contributed by atoms with Crippen molar-refractivity contribution in [3.05, 3.63) is 18.2 Å². The predicted octanol–water partition coefficient (Wildman–Crippen LogP) is 1.51. The molecular formula is C6H6O3S3. The summed E-state index contributed by atoms with van der Waals surface area (Å²) in [6.07, 6.45) is 0. The van der Waals surface area contributed by atoms with E-state index in [-0.39, 0.29) is 9.79 Å². The van der Waals surface area contributed by atoms with E-state index in [9.17, 15) is 8.42 Å². The molecule has 0 heterocycles. The molecule has 0 bridgehead atoms. The van der Waals surface area contributed by atoms with Crippen LogP contribution < -0.4 is 0 Å². The molecule has 1 rings (SSSR count). The molecular weight excluding hydrogens is 216 g/mol. The van der Waals surface area contributed by atoms with E-state index in [1.165, 1.54) is 12.1 Å². The highest BCUT2D eigenvalue weighted by Gasteiger charge is 2.14. The molecule has 0 aliphatic heterocycles. The third-order valence-corrected chi connectivity index (χ3v) is 3.33. The molecule has 0 atom stereocenters. The number of benzene rings is 1. The zero-order valence-electron chi connectivity index (χ0n) is 5.80. The monoisotopic (exact) mass is 222 g/mol. The molecule has 0 spiro atoms. The summed E-state index contributed by atoms with van der Waals surface area (Å²) >= 11 is 7.84. The Hall–Kier alpha value is -0.170. The van der Waals surface area contributed by atoms with E-state index in [1.807, 2.05) is 0 Å². The zero-order chi connectivity index (χ0) is 9.35. The fourth-order valence-electron chi connectivity index (χ4n) is 0.719. The van der Waals surface area contributed by atoms with Gasteiger partial charge in [-0.2, -0.15) is 8.42 Å². The van der Waals surface area contributed by atoms with Gasteiger partial charge in [-0.3, -0.25) is 4.55 Å². The highest BCUT2D eigenvalue weighted by molar-refractivity contribution is 7.87. The summed E-state index contributed by atoms with van der Waals surface area (Å²) in [5.74, 6) is 0. The highest BCUT2D eigenvalue weighted by Crippen LogP contribution is 2.25. The number of hydrogen-bond donors (Lipinski definition) is 3. The molecule has 0 amide bonds. The third kappa shape index (κ3) is 1.95. The molecule has 0 saturated carbocycles. The van der Waals surface area contributed by atoms with E-state index in [4.69, 9.17) is 4.55 Å². The van der Waals surface area contributed by atoms with Crippen LogP contribution in [-0.4, -0.2) is 13.0 Å². The topological polar surface area (TPSA) is 54.4 Å². The van der Waals surface area contributed by atoms with Gasteiger partial charge in [-0.15, -0.1) is 25.3 Å². The van der Waals surface area contributed by atoms with Crippen LogP contribution in [0.2, 0.25) is 0 Å². The first-order chi connectivity index (χ1) is 5.43. The normalized spacial score (nSPS) is 11.6. The van der Waals surface area contributed by atoms with Crippen LogP contribution in [0.1, 0.15) is 0 Å². The largest absolute Gasteiger partial charge is 0.295 e. The van der Waals surface area contributed by atoms with Gasteiger partial charge in [0.1, 0.15) is 4.90 Å². The van der Waals surface area contributed by atoms with E-state index in [0.717, 1.165) is 0 Å². The first-order valence-corrected chi connectivity index (χ1v) is 5.25. The van der Waals surface area contributed by atoms with Crippen molar-refractivity contribution in [2.75, 3.05) is 0 Å². The molecule has 0 aliphatic rings. The molecule has 1 aromatic rings. The number of rotatable bonds is 1. The smallest absolute Gasteiger partial charge is 0.282 e. The van der Waals surface area contributed by atoms with E-state index < -0.39 is 10.1 Å². The third-order valence-electron chi connectivity index (χ3n) is 1.26. The molecule has 0 unspecified atom stereocenters. The summed E-state index contributed by atoms with van der Waals surface area (Å²) in [5.41, 5.74) is 0. The Morgan fingerprint density at radius 3 is 2.25 bits per heavy atom. The Bertz CT molecular complexity index is 396. The minimum Gasteiger partial charge on any atom is -0.282 e.